The van der Waals surface area contributed by atoms with Crippen LogP contribution in [0.3, 0.4) is 0 Å². The van der Waals surface area contributed by atoms with Gasteiger partial charge < -0.3 is 0 Å². The number of rotatable bonds is 0. The van der Waals surface area contributed by atoms with Crippen LogP contribution in [0.15, 0.2) is 121 Å². The zero-order chi connectivity index (χ0) is 22.2. The molecule has 8 aromatic carbocycles. The van der Waals surface area contributed by atoms with Gasteiger partial charge in [-0.25, -0.2) is 0 Å². The predicted octanol–water partition coefficient (Wildman–Crippen LogP) is 9.76. The molecule has 0 fully saturated rings. The Hall–Kier alpha value is -4.42. The molecule has 0 unspecified atom stereocenters. The summed E-state index contributed by atoms with van der Waals surface area (Å²) in [7, 11) is 0. The minimum absolute atomic E-state index is 1.29. The summed E-state index contributed by atoms with van der Waals surface area (Å²) in [6.45, 7) is 0. The van der Waals surface area contributed by atoms with Crippen LogP contribution in [0.25, 0.3) is 75.4 Å². The first-order valence-electron chi connectivity index (χ1n) is 11.9. The normalized spacial score (nSPS) is 12.1. The van der Waals surface area contributed by atoms with Crippen LogP contribution < -0.4 is 0 Å². The summed E-state index contributed by atoms with van der Waals surface area (Å²) in [5.74, 6) is 0. The van der Waals surface area contributed by atoms with Crippen molar-refractivity contribution in [3.05, 3.63) is 121 Å². The zero-order valence-corrected chi connectivity index (χ0v) is 18.5. The lowest BCUT2D eigenvalue weighted by atomic mass is 9.92. The van der Waals surface area contributed by atoms with E-state index in [0.29, 0.717) is 0 Å². The Labute approximate surface area is 196 Å². The lowest BCUT2D eigenvalue weighted by Gasteiger charge is -2.12. The minimum Gasteiger partial charge on any atom is -0.0616 e. The van der Waals surface area contributed by atoms with Crippen molar-refractivity contribution in [1.82, 2.24) is 0 Å². The first kappa shape index (κ1) is 18.1. The van der Waals surface area contributed by atoms with Crippen LogP contribution in [-0.2, 0) is 0 Å². The fourth-order valence-corrected chi connectivity index (χ4v) is 5.88. The fraction of sp³-hybridized carbons (Fsp3) is 0. The second-order valence-corrected chi connectivity index (χ2v) is 9.39. The van der Waals surface area contributed by atoms with E-state index in [1.54, 1.807) is 0 Å². The molecule has 0 nitrogen and oxygen atoms in total. The van der Waals surface area contributed by atoms with Gasteiger partial charge in [-0.1, -0.05) is 97.1 Å². The van der Waals surface area contributed by atoms with Gasteiger partial charge in [0.15, 0.2) is 0 Å². The average Bonchev–Trinajstić information content (AvgIpc) is 2.90. The van der Waals surface area contributed by atoms with Gasteiger partial charge in [0, 0.05) is 0 Å². The van der Waals surface area contributed by atoms with Gasteiger partial charge in [0.25, 0.3) is 0 Å². The summed E-state index contributed by atoms with van der Waals surface area (Å²) in [6, 6.07) is 45.0. The van der Waals surface area contributed by atoms with Gasteiger partial charge in [0.05, 0.1) is 0 Å². The third-order valence-electron chi connectivity index (χ3n) is 7.56. The van der Waals surface area contributed by atoms with Crippen molar-refractivity contribution in [2.24, 2.45) is 0 Å². The molecule has 0 amide bonds. The van der Waals surface area contributed by atoms with Gasteiger partial charge in [-0.2, -0.15) is 0 Å². The van der Waals surface area contributed by atoms with Crippen molar-refractivity contribution in [2.75, 3.05) is 0 Å². The van der Waals surface area contributed by atoms with E-state index in [2.05, 4.69) is 121 Å². The molecule has 0 heteroatoms. The molecule has 0 aliphatic heterocycles. The van der Waals surface area contributed by atoms with Crippen LogP contribution in [0.4, 0.5) is 0 Å². The highest BCUT2D eigenvalue weighted by molar-refractivity contribution is 6.23. The Morgan fingerprint density at radius 3 is 0.971 bits per heavy atom. The van der Waals surface area contributed by atoms with Crippen molar-refractivity contribution in [3.63, 3.8) is 0 Å². The molecule has 0 saturated carbocycles. The Morgan fingerprint density at radius 1 is 0.206 bits per heavy atom. The molecule has 8 rings (SSSR count). The molecule has 156 valence electrons. The zero-order valence-electron chi connectivity index (χ0n) is 18.5. The third-order valence-corrected chi connectivity index (χ3v) is 7.56. The van der Waals surface area contributed by atoms with Gasteiger partial charge in [0.2, 0.25) is 0 Å². The molecule has 0 heterocycles. The van der Waals surface area contributed by atoms with E-state index in [4.69, 9.17) is 0 Å². The maximum Gasteiger partial charge on any atom is -0.00987 e. The summed E-state index contributed by atoms with van der Waals surface area (Å²) in [6.07, 6.45) is 0. The molecule has 0 radical (unpaired) electrons. The maximum atomic E-state index is 2.37. The van der Waals surface area contributed by atoms with Crippen LogP contribution in [-0.4, -0.2) is 0 Å². The van der Waals surface area contributed by atoms with Gasteiger partial charge in [0.1, 0.15) is 0 Å². The lowest BCUT2D eigenvalue weighted by molar-refractivity contribution is 1.78. The van der Waals surface area contributed by atoms with E-state index in [1.807, 2.05) is 0 Å². The quantitative estimate of drug-likeness (QED) is 0.166. The lowest BCUT2D eigenvalue weighted by Crippen LogP contribution is -1.84. The molecule has 0 bridgehead atoms. The SMILES string of the molecule is c1ccc2c(c1)ccc1cc3c(ccc4c5cc6ccc7ccccc7c6cc5ccc34)cc12. The van der Waals surface area contributed by atoms with Crippen LogP contribution in [0, 0.1) is 0 Å². The van der Waals surface area contributed by atoms with Crippen molar-refractivity contribution in [1.29, 1.82) is 0 Å². The summed E-state index contributed by atoms with van der Waals surface area (Å²) in [5.41, 5.74) is 0. The summed E-state index contributed by atoms with van der Waals surface area (Å²) in [4.78, 5) is 0. The van der Waals surface area contributed by atoms with Gasteiger partial charge >= 0.3 is 0 Å². The molecule has 34 heavy (non-hydrogen) atoms. The molecule has 8 aromatic rings. The Balaban J connectivity index is 1.47. The minimum atomic E-state index is 1.29. The standard InChI is InChI=1S/C34H20/c1-3-7-27-21(5-1)9-11-23-19-33-25(17-31(23)27)13-15-30-29(33)16-14-26-18-32-24(20-34(26)30)12-10-22-6-2-4-8-28(22)32/h1-20H. The summed E-state index contributed by atoms with van der Waals surface area (Å²) < 4.78 is 0. The largest absolute Gasteiger partial charge is 0.0616 e. The van der Waals surface area contributed by atoms with Crippen LogP contribution >= 0.6 is 0 Å². The van der Waals surface area contributed by atoms with E-state index in [-0.39, 0.29) is 0 Å². The van der Waals surface area contributed by atoms with Gasteiger partial charge in [-0.15, -0.1) is 0 Å². The van der Waals surface area contributed by atoms with E-state index < -0.39 is 0 Å². The predicted molar refractivity (Wildman–Crippen MR) is 149 cm³/mol. The highest BCUT2D eigenvalue weighted by Crippen LogP contribution is 2.37. The van der Waals surface area contributed by atoms with E-state index in [9.17, 15) is 0 Å². The Morgan fingerprint density at radius 2 is 0.529 bits per heavy atom. The van der Waals surface area contributed by atoms with Gasteiger partial charge in [-0.3, -0.25) is 0 Å². The highest BCUT2D eigenvalue weighted by atomic mass is 14.1. The van der Waals surface area contributed by atoms with Crippen LogP contribution in [0.2, 0.25) is 0 Å². The molecular formula is C34H20. The van der Waals surface area contributed by atoms with Gasteiger partial charge in [-0.05, 0) is 99.7 Å². The van der Waals surface area contributed by atoms with Crippen LogP contribution in [0.1, 0.15) is 0 Å². The third kappa shape index (κ3) is 2.43. The molecule has 0 aromatic heterocycles. The van der Waals surface area contributed by atoms with Crippen LogP contribution in [0.5, 0.6) is 0 Å². The Kier molecular flexibility index (Phi) is 3.48. The number of hydrogen-bond acceptors (Lipinski definition) is 0. The number of hydrogen-bond donors (Lipinski definition) is 0. The maximum absolute atomic E-state index is 2.37. The summed E-state index contributed by atoms with van der Waals surface area (Å²) in [5, 5.41) is 18.3. The Bertz CT molecular complexity index is 1960. The highest BCUT2D eigenvalue weighted by Gasteiger charge is 2.10. The first-order valence-corrected chi connectivity index (χ1v) is 11.9. The number of fused-ring (bicyclic) bond motifs is 11. The smallest absolute Gasteiger partial charge is 0.00987 e. The van der Waals surface area contributed by atoms with Crippen molar-refractivity contribution in [3.8, 4) is 0 Å². The molecule has 0 atom stereocenters. The number of benzene rings is 8. The topological polar surface area (TPSA) is 0 Å². The van der Waals surface area contributed by atoms with Crippen molar-refractivity contribution in [2.45, 2.75) is 0 Å². The van der Waals surface area contributed by atoms with Crippen molar-refractivity contribution < 1.29 is 0 Å². The molecule has 0 aliphatic rings. The molecule has 0 N–H and O–H groups in total. The molecular weight excluding hydrogens is 408 g/mol. The van der Waals surface area contributed by atoms with E-state index >= 15 is 0 Å². The molecule has 0 aliphatic carbocycles. The molecule has 0 spiro atoms. The van der Waals surface area contributed by atoms with Crippen molar-refractivity contribution >= 4 is 75.4 Å². The monoisotopic (exact) mass is 428 g/mol. The van der Waals surface area contributed by atoms with E-state index in [1.165, 1.54) is 75.4 Å². The summed E-state index contributed by atoms with van der Waals surface area (Å²) >= 11 is 0. The second-order valence-electron chi connectivity index (χ2n) is 9.39. The second kappa shape index (κ2) is 6.56. The first-order chi connectivity index (χ1) is 16.8. The molecule has 0 saturated heterocycles. The fourth-order valence-electron chi connectivity index (χ4n) is 5.88. The van der Waals surface area contributed by atoms with E-state index in [0.717, 1.165) is 0 Å². The average molecular weight is 429 g/mol.